The summed E-state index contributed by atoms with van der Waals surface area (Å²) in [4.78, 5) is 25.7. The number of carbonyl (C=O) groups is 2. The molecule has 0 saturated carbocycles. The van der Waals surface area contributed by atoms with E-state index in [-0.39, 0.29) is 17.6 Å². The Morgan fingerprint density at radius 1 is 1.42 bits per heavy atom. The number of nitrogens with one attached hydrogen (secondary N) is 1. The van der Waals surface area contributed by atoms with E-state index in [1.54, 1.807) is 11.9 Å². The Hall–Kier alpha value is -1.68. The van der Waals surface area contributed by atoms with Crippen LogP contribution in [0, 0.1) is 5.92 Å². The van der Waals surface area contributed by atoms with E-state index in [1.807, 2.05) is 18.2 Å². The molecule has 4 heteroatoms. The summed E-state index contributed by atoms with van der Waals surface area (Å²) in [7, 11) is 1.78. The van der Waals surface area contributed by atoms with Crippen LogP contribution in [0.25, 0.3) is 0 Å². The summed E-state index contributed by atoms with van der Waals surface area (Å²) in [5.41, 5.74) is 2.65. The molecular weight excluding hydrogens is 240 g/mol. The van der Waals surface area contributed by atoms with Crippen molar-refractivity contribution in [1.29, 1.82) is 0 Å². The molecule has 0 radical (unpaired) electrons. The highest BCUT2D eigenvalue weighted by atomic mass is 16.2. The molecule has 3 rings (SSSR count). The molecule has 2 aliphatic heterocycles. The van der Waals surface area contributed by atoms with Gasteiger partial charge in [-0.15, -0.1) is 0 Å². The van der Waals surface area contributed by atoms with Crippen molar-refractivity contribution in [3.63, 3.8) is 0 Å². The maximum atomic E-state index is 12.4. The molecule has 1 amide bonds. The third-order valence-corrected chi connectivity index (χ3v) is 4.11. The van der Waals surface area contributed by atoms with Gasteiger partial charge in [0.1, 0.15) is 0 Å². The van der Waals surface area contributed by atoms with E-state index < -0.39 is 0 Å². The van der Waals surface area contributed by atoms with E-state index in [2.05, 4.69) is 5.32 Å². The summed E-state index contributed by atoms with van der Waals surface area (Å²) in [6, 6.07) is 5.64. The number of carbonyl (C=O) groups excluding carboxylic acids is 2. The molecule has 1 saturated heterocycles. The van der Waals surface area contributed by atoms with Crippen LogP contribution in [0.5, 0.6) is 0 Å². The number of anilines is 1. The Morgan fingerprint density at radius 2 is 2.26 bits per heavy atom. The maximum Gasteiger partial charge on any atom is 0.231 e. The molecule has 0 aromatic heterocycles. The minimum absolute atomic E-state index is 0.0848. The summed E-state index contributed by atoms with van der Waals surface area (Å²) >= 11 is 0. The largest absolute Gasteiger partial charge is 0.316 e. The van der Waals surface area contributed by atoms with Crippen molar-refractivity contribution in [1.82, 2.24) is 5.32 Å². The van der Waals surface area contributed by atoms with Gasteiger partial charge >= 0.3 is 0 Å². The first-order valence-electron chi connectivity index (χ1n) is 6.81. The Balaban J connectivity index is 1.85. The van der Waals surface area contributed by atoms with E-state index in [1.165, 1.54) is 0 Å². The predicted octanol–water partition coefficient (Wildman–Crippen LogP) is 1.39. The van der Waals surface area contributed by atoms with Crippen LogP contribution in [0.1, 0.15) is 28.8 Å². The molecule has 100 valence electrons. The van der Waals surface area contributed by atoms with Gasteiger partial charge in [0.25, 0.3) is 0 Å². The van der Waals surface area contributed by atoms with Crippen LogP contribution in [-0.4, -0.2) is 31.8 Å². The SMILES string of the molecule is CN1C(=O)Cc2cc(C(=O)C3CCCNC3)ccc21. The van der Waals surface area contributed by atoms with Crippen LogP contribution in [0.2, 0.25) is 0 Å². The normalized spacial score (nSPS) is 22.5. The average molecular weight is 258 g/mol. The summed E-state index contributed by atoms with van der Waals surface area (Å²) in [5.74, 6) is 0.387. The summed E-state index contributed by atoms with van der Waals surface area (Å²) in [5, 5.41) is 3.27. The summed E-state index contributed by atoms with van der Waals surface area (Å²) in [6.45, 7) is 1.78. The monoisotopic (exact) mass is 258 g/mol. The zero-order valence-electron chi connectivity index (χ0n) is 11.1. The lowest BCUT2D eigenvalue weighted by Gasteiger charge is -2.21. The second-order valence-corrected chi connectivity index (χ2v) is 5.38. The third kappa shape index (κ3) is 2.16. The number of piperidine rings is 1. The van der Waals surface area contributed by atoms with Crippen molar-refractivity contribution < 1.29 is 9.59 Å². The van der Waals surface area contributed by atoms with E-state index in [0.717, 1.165) is 42.7 Å². The van der Waals surface area contributed by atoms with E-state index in [0.29, 0.717) is 6.42 Å². The summed E-state index contributed by atoms with van der Waals surface area (Å²) < 4.78 is 0. The second-order valence-electron chi connectivity index (χ2n) is 5.38. The number of rotatable bonds is 2. The molecule has 1 unspecified atom stereocenters. The zero-order valence-corrected chi connectivity index (χ0v) is 11.1. The fraction of sp³-hybridized carbons (Fsp3) is 0.467. The Kier molecular flexibility index (Phi) is 3.11. The molecule has 0 spiro atoms. The van der Waals surface area contributed by atoms with Gasteiger partial charge in [0.2, 0.25) is 5.91 Å². The second kappa shape index (κ2) is 4.78. The van der Waals surface area contributed by atoms with E-state index in [4.69, 9.17) is 0 Å². The van der Waals surface area contributed by atoms with Gasteiger partial charge in [-0.1, -0.05) is 0 Å². The maximum absolute atomic E-state index is 12.4. The molecular formula is C15H18N2O2. The molecule has 1 atom stereocenters. The van der Waals surface area contributed by atoms with Crippen LogP contribution in [0.4, 0.5) is 5.69 Å². The lowest BCUT2D eigenvalue weighted by atomic mass is 9.90. The fourth-order valence-corrected chi connectivity index (χ4v) is 2.93. The molecule has 4 nitrogen and oxygen atoms in total. The number of benzene rings is 1. The van der Waals surface area contributed by atoms with Crippen LogP contribution in [0.3, 0.4) is 0 Å². The lowest BCUT2D eigenvalue weighted by Crippen LogP contribution is -2.34. The first-order valence-corrected chi connectivity index (χ1v) is 6.81. The topological polar surface area (TPSA) is 49.4 Å². The minimum Gasteiger partial charge on any atom is -0.316 e. The number of fused-ring (bicyclic) bond motifs is 1. The van der Waals surface area contributed by atoms with Gasteiger partial charge in [0.05, 0.1) is 6.42 Å². The van der Waals surface area contributed by atoms with Gasteiger partial charge in [-0.05, 0) is 43.1 Å². The van der Waals surface area contributed by atoms with Gasteiger partial charge in [-0.3, -0.25) is 9.59 Å². The molecule has 0 aliphatic carbocycles. The van der Waals surface area contributed by atoms with Gasteiger partial charge in [0.15, 0.2) is 5.78 Å². The van der Waals surface area contributed by atoms with Crippen molar-refractivity contribution in [3.05, 3.63) is 29.3 Å². The average Bonchev–Trinajstić information content (AvgIpc) is 2.74. The molecule has 1 aromatic carbocycles. The number of Topliss-reactive ketones (excluding diaryl/α,β-unsaturated/α-hetero) is 1. The number of likely N-dealkylation sites (N-methyl/N-ethyl adjacent to an activating group) is 1. The molecule has 19 heavy (non-hydrogen) atoms. The Morgan fingerprint density at radius 3 is 3.00 bits per heavy atom. The van der Waals surface area contributed by atoms with Crippen LogP contribution >= 0.6 is 0 Å². The molecule has 0 bridgehead atoms. The predicted molar refractivity (Wildman–Crippen MR) is 73.5 cm³/mol. The molecule has 1 fully saturated rings. The van der Waals surface area contributed by atoms with Crippen LogP contribution < -0.4 is 10.2 Å². The fourth-order valence-electron chi connectivity index (χ4n) is 2.93. The van der Waals surface area contributed by atoms with Crippen LogP contribution in [-0.2, 0) is 11.2 Å². The first-order chi connectivity index (χ1) is 9.16. The minimum atomic E-state index is 0.0848. The van der Waals surface area contributed by atoms with Gasteiger partial charge in [-0.2, -0.15) is 0 Å². The molecule has 1 aromatic rings. The van der Waals surface area contributed by atoms with Gasteiger partial charge in [-0.25, -0.2) is 0 Å². The zero-order chi connectivity index (χ0) is 13.4. The van der Waals surface area contributed by atoms with E-state index >= 15 is 0 Å². The Bertz CT molecular complexity index is 533. The summed E-state index contributed by atoms with van der Waals surface area (Å²) in [6.07, 6.45) is 2.43. The molecule has 2 heterocycles. The number of amides is 1. The highest BCUT2D eigenvalue weighted by molar-refractivity contribution is 6.04. The van der Waals surface area contributed by atoms with Crippen molar-refractivity contribution in [3.8, 4) is 0 Å². The van der Waals surface area contributed by atoms with Gasteiger partial charge < -0.3 is 10.2 Å². The standard InChI is InChI=1S/C15H18N2O2/c1-17-13-5-4-10(7-12(13)8-14(17)18)15(19)11-3-2-6-16-9-11/h4-5,7,11,16H,2-3,6,8-9H2,1H3. The lowest BCUT2D eigenvalue weighted by molar-refractivity contribution is -0.117. The highest BCUT2D eigenvalue weighted by Gasteiger charge is 2.27. The molecule has 2 aliphatic rings. The van der Waals surface area contributed by atoms with Crippen LogP contribution in [0.15, 0.2) is 18.2 Å². The number of ketones is 1. The van der Waals surface area contributed by atoms with Crippen molar-refractivity contribution in [2.75, 3.05) is 25.0 Å². The van der Waals surface area contributed by atoms with Gasteiger partial charge in [0, 0.05) is 30.8 Å². The van der Waals surface area contributed by atoms with E-state index in [9.17, 15) is 9.59 Å². The van der Waals surface area contributed by atoms with Crippen molar-refractivity contribution in [2.45, 2.75) is 19.3 Å². The first kappa shape index (κ1) is 12.4. The number of hydrogen-bond donors (Lipinski definition) is 1. The third-order valence-electron chi connectivity index (χ3n) is 4.11. The molecule has 1 N–H and O–H groups in total. The Labute approximate surface area is 112 Å². The highest BCUT2D eigenvalue weighted by Crippen LogP contribution is 2.29. The van der Waals surface area contributed by atoms with Crippen molar-refractivity contribution >= 4 is 17.4 Å². The number of nitrogens with zero attached hydrogens (tertiary/aromatic N) is 1. The smallest absolute Gasteiger partial charge is 0.231 e. The number of hydrogen-bond acceptors (Lipinski definition) is 3. The quantitative estimate of drug-likeness (QED) is 0.815. The van der Waals surface area contributed by atoms with Crippen molar-refractivity contribution in [2.24, 2.45) is 5.92 Å².